The Morgan fingerprint density at radius 1 is 0.447 bits per heavy atom. The summed E-state index contributed by atoms with van der Waals surface area (Å²) in [6.45, 7) is 9.34. The van der Waals surface area contributed by atoms with E-state index in [1.54, 1.807) is 0 Å². The lowest BCUT2D eigenvalue weighted by Gasteiger charge is -2.25. The Morgan fingerprint density at radius 2 is 0.830 bits per heavy atom. The molecule has 0 radical (unpaired) electrons. The summed E-state index contributed by atoms with van der Waals surface area (Å²) in [5.41, 5.74) is 4.19. The van der Waals surface area contributed by atoms with Gasteiger partial charge in [-0.25, -0.2) is 0 Å². The van der Waals surface area contributed by atoms with Crippen molar-refractivity contribution in [2.45, 2.75) is 205 Å². The molecule has 0 aliphatic carbocycles. The number of benzene rings is 1. The molecule has 3 heteroatoms. The predicted molar refractivity (Wildman–Crippen MR) is 219 cm³/mol. The highest BCUT2D eigenvalue weighted by Crippen LogP contribution is 2.33. The van der Waals surface area contributed by atoms with Gasteiger partial charge in [0.1, 0.15) is 0 Å². The molecule has 0 unspecified atom stereocenters. The van der Waals surface area contributed by atoms with E-state index in [4.69, 9.17) is 0 Å². The molecule has 0 atom stereocenters. The molecule has 1 aromatic heterocycles. The maximum atomic E-state index is 2.68. The Balaban J connectivity index is 1.60. The van der Waals surface area contributed by atoms with Crippen LogP contribution in [-0.4, -0.2) is 18.8 Å². The predicted octanol–water partition coefficient (Wildman–Crippen LogP) is 16.3. The minimum atomic E-state index is 1.21. The van der Waals surface area contributed by atoms with Crippen LogP contribution < -0.4 is 4.90 Å². The van der Waals surface area contributed by atoms with Gasteiger partial charge in [0, 0.05) is 18.8 Å². The van der Waals surface area contributed by atoms with Crippen molar-refractivity contribution in [3.8, 4) is 11.1 Å². The van der Waals surface area contributed by atoms with Crippen molar-refractivity contribution < 1.29 is 0 Å². The Hall–Kier alpha value is -0.930. The molecule has 2 aromatic rings. The molecule has 270 valence electrons. The van der Waals surface area contributed by atoms with Crippen LogP contribution in [0.5, 0.6) is 0 Å². The van der Waals surface area contributed by atoms with Gasteiger partial charge >= 0.3 is 0 Å². The lowest BCUT2D eigenvalue weighted by molar-refractivity contribution is 0.532. The molecular weight excluding hydrogens is 607 g/mol. The average molecular weight is 684 g/mol. The molecule has 47 heavy (non-hydrogen) atoms. The SMILES string of the molecule is CCCCCCCCCCCCCCCCCCSc1cc(-c2ccc(N(CCCCCCCC)CCCCCCCC)cc2)cs1. The third kappa shape index (κ3) is 22.4. The fraction of sp³-hybridized carbons (Fsp3) is 0.773. The first-order chi connectivity index (χ1) is 23.3. The topological polar surface area (TPSA) is 3.24 Å². The monoisotopic (exact) mass is 684 g/mol. The third-order valence-electron chi connectivity index (χ3n) is 9.95. The number of rotatable bonds is 34. The second-order valence-electron chi connectivity index (χ2n) is 14.4. The van der Waals surface area contributed by atoms with Crippen molar-refractivity contribution in [1.29, 1.82) is 0 Å². The Morgan fingerprint density at radius 3 is 1.26 bits per heavy atom. The van der Waals surface area contributed by atoms with Gasteiger partial charge < -0.3 is 4.90 Å². The van der Waals surface area contributed by atoms with Crippen LogP contribution in [0.4, 0.5) is 5.69 Å². The van der Waals surface area contributed by atoms with Crippen molar-refractivity contribution >= 4 is 28.8 Å². The summed E-state index contributed by atoms with van der Waals surface area (Å²) >= 11 is 4.01. The highest BCUT2D eigenvalue weighted by molar-refractivity contribution is 8.01. The molecule has 0 saturated carbocycles. The Bertz CT molecular complexity index is 903. The molecule has 0 spiro atoms. The average Bonchev–Trinajstić information content (AvgIpc) is 3.57. The standard InChI is InChI=1S/C44H77NS2/c1-4-7-10-13-16-17-18-19-20-21-22-23-24-25-28-31-38-46-44-39-42(40-47-44)41-32-34-43(35-33-41)45(36-29-26-14-11-8-5-2)37-30-27-15-12-9-6-3/h32-35,39-40H,4-31,36-38H2,1-3H3. The number of thioether (sulfide) groups is 1. The molecule has 0 bridgehead atoms. The molecule has 1 aromatic carbocycles. The summed E-state index contributed by atoms with van der Waals surface area (Å²) in [4.78, 5) is 2.68. The van der Waals surface area contributed by atoms with Gasteiger partial charge in [0.05, 0.1) is 4.21 Å². The first-order valence-electron chi connectivity index (χ1n) is 20.8. The van der Waals surface area contributed by atoms with E-state index in [1.165, 1.54) is 220 Å². The van der Waals surface area contributed by atoms with E-state index in [2.05, 4.69) is 73.1 Å². The Kier molecular flexibility index (Phi) is 27.9. The molecule has 2 rings (SSSR count). The molecule has 1 nitrogen and oxygen atoms in total. The molecule has 0 amide bonds. The van der Waals surface area contributed by atoms with Crippen molar-refractivity contribution in [3.63, 3.8) is 0 Å². The van der Waals surface area contributed by atoms with Crippen LogP contribution in [0.1, 0.15) is 201 Å². The molecular formula is C44H77NS2. The normalized spacial score (nSPS) is 11.5. The van der Waals surface area contributed by atoms with Crippen LogP contribution in [0.3, 0.4) is 0 Å². The van der Waals surface area contributed by atoms with E-state index in [-0.39, 0.29) is 0 Å². The minimum Gasteiger partial charge on any atom is -0.372 e. The lowest BCUT2D eigenvalue weighted by atomic mass is 10.0. The van der Waals surface area contributed by atoms with Crippen LogP contribution in [0.2, 0.25) is 0 Å². The molecule has 0 N–H and O–H groups in total. The number of hydrogen-bond donors (Lipinski definition) is 0. The Labute approximate surface area is 302 Å². The van der Waals surface area contributed by atoms with Gasteiger partial charge in [0.2, 0.25) is 0 Å². The van der Waals surface area contributed by atoms with Crippen LogP contribution in [0, 0.1) is 0 Å². The van der Waals surface area contributed by atoms with Gasteiger partial charge in [0.15, 0.2) is 0 Å². The molecule has 1 heterocycles. The largest absolute Gasteiger partial charge is 0.372 e. The smallest absolute Gasteiger partial charge is 0.0604 e. The van der Waals surface area contributed by atoms with Crippen molar-refractivity contribution in [2.75, 3.05) is 23.7 Å². The third-order valence-corrected chi connectivity index (χ3v) is 12.2. The van der Waals surface area contributed by atoms with Crippen molar-refractivity contribution in [1.82, 2.24) is 0 Å². The quantitative estimate of drug-likeness (QED) is 0.0533. The molecule has 0 fully saturated rings. The second-order valence-corrected chi connectivity index (χ2v) is 16.7. The number of unbranched alkanes of at least 4 members (excludes halogenated alkanes) is 25. The van der Waals surface area contributed by atoms with Crippen LogP contribution in [-0.2, 0) is 0 Å². The van der Waals surface area contributed by atoms with Gasteiger partial charge in [-0.15, -0.1) is 23.1 Å². The van der Waals surface area contributed by atoms with Gasteiger partial charge in [-0.05, 0) is 59.7 Å². The lowest BCUT2D eigenvalue weighted by Crippen LogP contribution is -2.25. The highest BCUT2D eigenvalue weighted by Gasteiger charge is 2.09. The number of thiophene rings is 1. The first-order valence-corrected chi connectivity index (χ1v) is 22.7. The fourth-order valence-corrected chi connectivity index (χ4v) is 8.84. The molecule has 0 aliphatic rings. The maximum Gasteiger partial charge on any atom is 0.0604 e. The van der Waals surface area contributed by atoms with E-state index in [9.17, 15) is 0 Å². The van der Waals surface area contributed by atoms with Gasteiger partial charge in [-0.1, -0.05) is 193 Å². The van der Waals surface area contributed by atoms with Crippen LogP contribution in [0.15, 0.2) is 39.9 Å². The van der Waals surface area contributed by atoms with E-state index in [1.807, 2.05) is 11.3 Å². The number of hydrogen-bond acceptors (Lipinski definition) is 3. The summed E-state index contributed by atoms with van der Waals surface area (Å²) in [5, 5.41) is 2.37. The summed E-state index contributed by atoms with van der Waals surface area (Å²) < 4.78 is 1.48. The molecule has 0 aliphatic heterocycles. The first kappa shape index (κ1) is 42.2. The van der Waals surface area contributed by atoms with E-state index < -0.39 is 0 Å². The highest BCUT2D eigenvalue weighted by atomic mass is 32.2. The van der Waals surface area contributed by atoms with Crippen LogP contribution in [0.25, 0.3) is 11.1 Å². The van der Waals surface area contributed by atoms with Gasteiger partial charge in [0.25, 0.3) is 0 Å². The number of anilines is 1. The molecule has 0 saturated heterocycles. The summed E-state index contributed by atoms with van der Waals surface area (Å²) in [6, 6.07) is 12.0. The van der Waals surface area contributed by atoms with E-state index in [0.29, 0.717) is 0 Å². The fourth-order valence-electron chi connectivity index (χ4n) is 6.77. The summed E-state index contributed by atoms with van der Waals surface area (Å²) in [7, 11) is 0. The number of nitrogens with zero attached hydrogens (tertiary/aromatic N) is 1. The van der Waals surface area contributed by atoms with Crippen LogP contribution >= 0.6 is 23.1 Å². The van der Waals surface area contributed by atoms with Crippen molar-refractivity contribution in [3.05, 3.63) is 35.7 Å². The van der Waals surface area contributed by atoms with E-state index in [0.717, 1.165) is 0 Å². The zero-order valence-corrected chi connectivity index (χ0v) is 33.3. The minimum absolute atomic E-state index is 1.21. The zero-order valence-electron chi connectivity index (χ0n) is 31.6. The maximum absolute atomic E-state index is 2.68. The summed E-state index contributed by atoms with van der Waals surface area (Å²) in [5.74, 6) is 1.27. The second kappa shape index (κ2) is 31.1. The van der Waals surface area contributed by atoms with E-state index >= 15 is 0 Å². The van der Waals surface area contributed by atoms with Crippen molar-refractivity contribution in [2.24, 2.45) is 0 Å². The van der Waals surface area contributed by atoms with Gasteiger partial charge in [-0.2, -0.15) is 0 Å². The van der Waals surface area contributed by atoms with Gasteiger partial charge in [-0.3, -0.25) is 0 Å². The summed E-state index contributed by atoms with van der Waals surface area (Å²) in [6.07, 6.45) is 39.5. The zero-order chi connectivity index (χ0) is 33.5.